The Balaban J connectivity index is 1.64. The van der Waals surface area contributed by atoms with E-state index in [1.807, 2.05) is 0 Å². The van der Waals surface area contributed by atoms with Crippen LogP contribution >= 0.6 is 0 Å². The lowest BCUT2D eigenvalue weighted by Gasteiger charge is -2.29. The van der Waals surface area contributed by atoms with Crippen molar-refractivity contribution in [3.05, 3.63) is 12.2 Å². The third-order valence-electron chi connectivity index (χ3n) is 4.22. The summed E-state index contributed by atoms with van der Waals surface area (Å²) in [4.78, 5) is 14.6. The lowest BCUT2D eigenvalue weighted by molar-refractivity contribution is -0.130. The largest absolute Gasteiger partial charge is 0.378 e. The molecule has 4 nitrogen and oxygen atoms in total. The summed E-state index contributed by atoms with van der Waals surface area (Å²) < 4.78 is 5.70. The molecule has 2 aliphatic heterocycles. The quantitative estimate of drug-likeness (QED) is 0.756. The summed E-state index contributed by atoms with van der Waals surface area (Å²) >= 11 is 0. The van der Waals surface area contributed by atoms with Gasteiger partial charge in [0.05, 0.1) is 6.10 Å². The summed E-state index contributed by atoms with van der Waals surface area (Å²) in [5, 5.41) is 3.10. The Bertz CT molecular complexity index is 328. The van der Waals surface area contributed by atoms with Crippen molar-refractivity contribution in [3.8, 4) is 0 Å². The SMILES string of the molecule is CCCC1CC(C(=O)NCCN2CC=CCC2)CCO1. The smallest absolute Gasteiger partial charge is 0.223 e. The minimum absolute atomic E-state index is 0.154. The van der Waals surface area contributed by atoms with E-state index in [0.29, 0.717) is 0 Å². The second kappa shape index (κ2) is 8.42. The number of carbonyl (C=O) groups excluding carboxylic acids is 1. The number of hydrogen-bond donors (Lipinski definition) is 1. The Kier molecular flexibility index (Phi) is 6.54. The highest BCUT2D eigenvalue weighted by molar-refractivity contribution is 5.78. The topological polar surface area (TPSA) is 41.6 Å². The number of amides is 1. The van der Waals surface area contributed by atoms with Crippen LogP contribution in [0.3, 0.4) is 0 Å². The van der Waals surface area contributed by atoms with E-state index in [0.717, 1.165) is 64.9 Å². The van der Waals surface area contributed by atoms with E-state index in [2.05, 4.69) is 29.3 Å². The van der Waals surface area contributed by atoms with E-state index >= 15 is 0 Å². The minimum atomic E-state index is 0.154. The van der Waals surface area contributed by atoms with Gasteiger partial charge in [-0.1, -0.05) is 25.5 Å². The number of hydrogen-bond acceptors (Lipinski definition) is 3. The van der Waals surface area contributed by atoms with E-state index < -0.39 is 0 Å². The number of rotatable bonds is 6. The molecule has 2 aliphatic rings. The summed E-state index contributed by atoms with van der Waals surface area (Å²) in [6.07, 6.45) is 9.82. The number of ether oxygens (including phenoxy) is 1. The third-order valence-corrected chi connectivity index (χ3v) is 4.22. The number of carbonyl (C=O) groups is 1. The van der Waals surface area contributed by atoms with Crippen LogP contribution < -0.4 is 5.32 Å². The van der Waals surface area contributed by atoms with Gasteiger partial charge in [0.15, 0.2) is 0 Å². The molecule has 0 saturated carbocycles. The van der Waals surface area contributed by atoms with Gasteiger partial charge in [0.25, 0.3) is 0 Å². The third kappa shape index (κ3) is 4.91. The lowest BCUT2D eigenvalue weighted by Crippen LogP contribution is -2.41. The van der Waals surface area contributed by atoms with Crippen LogP contribution in [0.5, 0.6) is 0 Å². The van der Waals surface area contributed by atoms with Crippen molar-refractivity contribution in [2.75, 3.05) is 32.8 Å². The van der Waals surface area contributed by atoms with Crippen molar-refractivity contribution >= 4 is 5.91 Å². The van der Waals surface area contributed by atoms with Gasteiger partial charge in [-0.2, -0.15) is 0 Å². The fraction of sp³-hybridized carbons (Fsp3) is 0.812. The summed E-state index contributed by atoms with van der Waals surface area (Å²) in [6, 6.07) is 0. The second-order valence-electron chi connectivity index (χ2n) is 5.85. The lowest BCUT2D eigenvalue weighted by atomic mass is 9.93. The molecule has 1 fully saturated rings. The molecular weight excluding hydrogens is 252 g/mol. The van der Waals surface area contributed by atoms with Crippen LogP contribution in [0.15, 0.2) is 12.2 Å². The maximum atomic E-state index is 12.2. The Morgan fingerprint density at radius 2 is 2.35 bits per heavy atom. The molecule has 0 aliphatic carbocycles. The van der Waals surface area contributed by atoms with Crippen LogP contribution in [0.2, 0.25) is 0 Å². The first-order valence-electron chi connectivity index (χ1n) is 8.06. The molecule has 2 unspecified atom stereocenters. The fourth-order valence-electron chi connectivity index (χ4n) is 3.02. The predicted octanol–water partition coefficient (Wildman–Crippen LogP) is 1.96. The first kappa shape index (κ1) is 15.5. The molecule has 114 valence electrons. The van der Waals surface area contributed by atoms with Gasteiger partial charge < -0.3 is 10.1 Å². The van der Waals surface area contributed by atoms with Gasteiger partial charge in [0, 0.05) is 38.7 Å². The summed E-state index contributed by atoms with van der Waals surface area (Å²) in [5.74, 6) is 0.378. The molecule has 0 spiro atoms. The van der Waals surface area contributed by atoms with E-state index in [-0.39, 0.29) is 17.9 Å². The summed E-state index contributed by atoms with van der Waals surface area (Å²) in [7, 11) is 0. The number of nitrogens with one attached hydrogen (secondary N) is 1. The Morgan fingerprint density at radius 1 is 1.45 bits per heavy atom. The molecule has 0 bridgehead atoms. The predicted molar refractivity (Wildman–Crippen MR) is 80.6 cm³/mol. The zero-order chi connectivity index (χ0) is 14.2. The number of nitrogens with zero attached hydrogens (tertiary/aromatic N) is 1. The average molecular weight is 280 g/mol. The molecule has 0 aromatic rings. The average Bonchev–Trinajstić information content (AvgIpc) is 2.49. The van der Waals surface area contributed by atoms with Crippen LogP contribution in [0.4, 0.5) is 0 Å². The van der Waals surface area contributed by atoms with Crippen molar-refractivity contribution in [3.63, 3.8) is 0 Å². The van der Waals surface area contributed by atoms with Crippen molar-refractivity contribution in [2.45, 2.75) is 45.1 Å². The Morgan fingerprint density at radius 3 is 3.10 bits per heavy atom. The first-order valence-corrected chi connectivity index (χ1v) is 8.06. The first-order chi connectivity index (χ1) is 9.79. The Labute approximate surface area is 122 Å². The van der Waals surface area contributed by atoms with E-state index in [1.165, 1.54) is 0 Å². The molecule has 1 N–H and O–H groups in total. The molecule has 2 rings (SSSR count). The molecule has 1 amide bonds. The van der Waals surface area contributed by atoms with Crippen LogP contribution in [-0.2, 0) is 9.53 Å². The highest BCUT2D eigenvalue weighted by atomic mass is 16.5. The molecular formula is C16H28N2O2. The monoisotopic (exact) mass is 280 g/mol. The summed E-state index contributed by atoms with van der Waals surface area (Å²) in [5.41, 5.74) is 0. The van der Waals surface area contributed by atoms with Gasteiger partial charge in [0.1, 0.15) is 0 Å². The van der Waals surface area contributed by atoms with Gasteiger partial charge >= 0.3 is 0 Å². The summed E-state index contributed by atoms with van der Waals surface area (Å²) in [6.45, 7) is 6.76. The normalized spacial score (nSPS) is 27.4. The van der Waals surface area contributed by atoms with Crippen molar-refractivity contribution in [1.29, 1.82) is 0 Å². The van der Waals surface area contributed by atoms with Crippen LogP contribution in [0.1, 0.15) is 39.0 Å². The van der Waals surface area contributed by atoms with E-state index in [4.69, 9.17) is 4.74 Å². The zero-order valence-electron chi connectivity index (χ0n) is 12.6. The van der Waals surface area contributed by atoms with Crippen molar-refractivity contribution in [1.82, 2.24) is 10.2 Å². The molecule has 2 heterocycles. The molecule has 1 saturated heterocycles. The van der Waals surface area contributed by atoms with Crippen molar-refractivity contribution < 1.29 is 9.53 Å². The highest BCUT2D eigenvalue weighted by Gasteiger charge is 2.27. The molecule has 0 aromatic heterocycles. The van der Waals surface area contributed by atoms with E-state index in [1.54, 1.807) is 0 Å². The van der Waals surface area contributed by atoms with Gasteiger partial charge in [-0.3, -0.25) is 9.69 Å². The van der Waals surface area contributed by atoms with Gasteiger partial charge in [-0.15, -0.1) is 0 Å². The molecule has 20 heavy (non-hydrogen) atoms. The second-order valence-corrected chi connectivity index (χ2v) is 5.85. The molecule has 2 atom stereocenters. The van der Waals surface area contributed by atoms with Gasteiger partial charge in [-0.25, -0.2) is 0 Å². The van der Waals surface area contributed by atoms with Gasteiger partial charge in [-0.05, 0) is 25.7 Å². The molecule has 0 aromatic carbocycles. The maximum absolute atomic E-state index is 12.2. The van der Waals surface area contributed by atoms with Crippen LogP contribution in [-0.4, -0.2) is 49.7 Å². The van der Waals surface area contributed by atoms with Crippen molar-refractivity contribution in [2.24, 2.45) is 5.92 Å². The minimum Gasteiger partial charge on any atom is -0.378 e. The van der Waals surface area contributed by atoms with E-state index in [9.17, 15) is 4.79 Å². The zero-order valence-corrected chi connectivity index (χ0v) is 12.6. The Hall–Kier alpha value is -0.870. The molecule has 4 heteroatoms. The molecule has 0 radical (unpaired) electrons. The van der Waals surface area contributed by atoms with Crippen LogP contribution in [0.25, 0.3) is 0 Å². The highest BCUT2D eigenvalue weighted by Crippen LogP contribution is 2.23. The van der Waals surface area contributed by atoms with Gasteiger partial charge in [0.2, 0.25) is 5.91 Å². The van der Waals surface area contributed by atoms with Crippen LogP contribution in [0, 0.1) is 5.92 Å². The fourth-order valence-corrected chi connectivity index (χ4v) is 3.02. The standard InChI is InChI=1S/C16H28N2O2/c1-2-6-15-13-14(7-12-20-15)16(19)17-8-11-18-9-4-3-5-10-18/h3-4,14-15H,2,5-13H2,1H3,(H,17,19). The maximum Gasteiger partial charge on any atom is 0.223 e.